The molecule has 0 aliphatic rings. The fourth-order valence-corrected chi connectivity index (χ4v) is 5.10. The van der Waals surface area contributed by atoms with Crippen LogP contribution in [0.1, 0.15) is 37.8 Å². The van der Waals surface area contributed by atoms with Crippen molar-refractivity contribution in [1.82, 2.24) is 9.97 Å². The molecule has 0 bridgehead atoms. The fourth-order valence-electron chi connectivity index (χ4n) is 5.10. The number of nitriles is 1. The Morgan fingerprint density at radius 3 is 2.52 bits per heavy atom. The van der Waals surface area contributed by atoms with Crippen molar-refractivity contribution in [2.45, 2.75) is 26.7 Å². The van der Waals surface area contributed by atoms with Crippen molar-refractivity contribution in [3.8, 4) is 45.5 Å². The van der Waals surface area contributed by atoms with Crippen LogP contribution in [0.15, 0.2) is 94.3 Å². The lowest BCUT2D eigenvalue weighted by molar-refractivity contribution is 0.337. The normalized spacial score (nSPS) is 11.3. The largest absolute Gasteiger partial charge is 0.490 e. The Hall–Kier alpha value is -5.15. The number of rotatable bonds is 6. The fraction of sp³-hybridized carbons (Fsp3) is 0.147. The van der Waals surface area contributed by atoms with E-state index >= 15 is 0 Å². The minimum Gasteiger partial charge on any atom is -0.490 e. The molecule has 3 heterocycles. The summed E-state index contributed by atoms with van der Waals surface area (Å²) < 4.78 is 11.5. The smallest absolute Gasteiger partial charge is 0.345 e. The Bertz CT molecular complexity index is 1980. The van der Waals surface area contributed by atoms with E-state index in [2.05, 4.69) is 37.0 Å². The van der Waals surface area contributed by atoms with Gasteiger partial charge < -0.3 is 14.1 Å². The third-order valence-electron chi connectivity index (χ3n) is 7.16. The molecule has 196 valence electrons. The van der Waals surface area contributed by atoms with Crippen LogP contribution in [0.4, 0.5) is 0 Å². The molecule has 0 unspecified atom stereocenters. The predicted octanol–water partition coefficient (Wildman–Crippen LogP) is 8.06. The Labute approximate surface area is 231 Å². The van der Waals surface area contributed by atoms with E-state index in [1.807, 2.05) is 67.7 Å². The van der Waals surface area contributed by atoms with E-state index < -0.39 is 5.63 Å². The number of aromatic amines is 1. The number of nitrogens with zero attached hydrogens (tertiary/aromatic N) is 2. The van der Waals surface area contributed by atoms with E-state index in [1.54, 1.807) is 12.1 Å². The summed E-state index contributed by atoms with van der Waals surface area (Å²) in [5, 5.41) is 12.1. The number of nitrogens with one attached hydrogen (secondary N) is 1. The van der Waals surface area contributed by atoms with Gasteiger partial charge in [0, 0.05) is 33.6 Å². The first-order chi connectivity index (χ1) is 19.5. The number of hydrogen-bond donors (Lipinski definition) is 1. The van der Waals surface area contributed by atoms with Crippen LogP contribution in [0.5, 0.6) is 5.75 Å². The van der Waals surface area contributed by atoms with Gasteiger partial charge in [0.05, 0.1) is 29.1 Å². The standard InChI is InChI=1S/C34H27N3O3/c1-4-39-31-11-7-8-23-16-26(34(38)40-33(23)31)30-17-25(22-14-12-21(13-15-22)20(2)3)27(18-35)32(37-30)28-19-36-29-10-6-5-9-24(28)29/h5-17,19-20,36H,4H2,1-3H3. The molecule has 6 rings (SSSR count). The molecule has 0 radical (unpaired) electrons. The van der Waals surface area contributed by atoms with Gasteiger partial charge in [-0.15, -0.1) is 0 Å². The SMILES string of the molecule is CCOc1cccc2cc(-c3cc(-c4ccc(C(C)C)cc4)c(C#N)c(-c4c[nH]c5ccccc45)n3)c(=O)oc12. The summed E-state index contributed by atoms with van der Waals surface area (Å²) in [5.41, 5.74) is 6.05. The lowest BCUT2D eigenvalue weighted by Gasteiger charge is -2.14. The number of hydrogen-bond acceptors (Lipinski definition) is 5. The monoisotopic (exact) mass is 525 g/mol. The van der Waals surface area contributed by atoms with Crippen molar-refractivity contribution in [1.29, 1.82) is 5.26 Å². The van der Waals surface area contributed by atoms with Crippen molar-refractivity contribution in [3.05, 3.63) is 107 Å². The Morgan fingerprint density at radius 1 is 0.975 bits per heavy atom. The van der Waals surface area contributed by atoms with Crippen LogP contribution in [0.25, 0.3) is 55.5 Å². The van der Waals surface area contributed by atoms with Crippen LogP contribution < -0.4 is 10.4 Å². The maximum Gasteiger partial charge on any atom is 0.345 e. The lowest BCUT2D eigenvalue weighted by Crippen LogP contribution is -2.06. The summed E-state index contributed by atoms with van der Waals surface area (Å²) in [6.07, 6.45) is 1.86. The molecule has 6 aromatic rings. The average Bonchev–Trinajstić information content (AvgIpc) is 3.41. The molecule has 3 aromatic heterocycles. The van der Waals surface area contributed by atoms with E-state index in [9.17, 15) is 10.1 Å². The number of para-hydroxylation sites is 2. The van der Waals surface area contributed by atoms with Gasteiger partial charge in [-0.3, -0.25) is 0 Å². The van der Waals surface area contributed by atoms with Gasteiger partial charge in [0.25, 0.3) is 0 Å². The molecule has 1 N–H and O–H groups in total. The summed E-state index contributed by atoms with van der Waals surface area (Å²) in [5.74, 6) is 0.893. The highest BCUT2D eigenvalue weighted by Gasteiger charge is 2.21. The van der Waals surface area contributed by atoms with Gasteiger partial charge in [-0.25, -0.2) is 9.78 Å². The van der Waals surface area contributed by atoms with Gasteiger partial charge >= 0.3 is 5.63 Å². The third-order valence-corrected chi connectivity index (χ3v) is 7.16. The third kappa shape index (κ3) is 4.32. The zero-order valence-electron chi connectivity index (χ0n) is 22.5. The van der Waals surface area contributed by atoms with Crippen LogP contribution in [0, 0.1) is 11.3 Å². The lowest BCUT2D eigenvalue weighted by atomic mass is 9.92. The molecule has 0 saturated heterocycles. The molecule has 3 aromatic carbocycles. The summed E-state index contributed by atoms with van der Waals surface area (Å²) >= 11 is 0. The molecular formula is C34H27N3O3. The van der Waals surface area contributed by atoms with E-state index in [0.717, 1.165) is 27.4 Å². The van der Waals surface area contributed by atoms with Crippen LogP contribution in [-0.4, -0.2) is 16.6 Å². The quantitative estimate of drug-likeness (QED) is 0.222. The number of H-pyrrole nitrogens is 1. The Kier molecular flexibility index (Phi) is 6.41. The molecular weight excluding hydrogens is 498 g/mol. The molecule has 0 fully saturated rings. The van der Waals surface area contributed by atoms with E-state index in [0.29, 0.717) is 51.9 Å². The topological polar surface area (TPSA) is 91.9 Å². The highest BCUT2D eigenvalue weighted by Crippen LogP contribution is 2.38. The van der Waals surface area contributed by atoms with Crippen molar-refractivity contribution < 1.29 is 9.15 Å². The van der Waals surface area contributed by atoms with E-state index in [1.165, 1.54) is 5.56 Å². The van der Waals surface area contributed by atoms with Crippen LogP contribution in [-0.2, 0) is 0 Å². The first-order valence-corrected chi connectivity index (χ1v) is 13.3. The molecule has 0 aliphatic carbocycles. The van der Waals surface area contributed by atoms with Crippen molar-refractivity contribution in [3.63, 3.8) is 0 Å². The zero-order chi connectivity index (χ0) is 27.8. The van der Waals surface area contributed by atoms with Gasteiger partial charge in [-0.2, -0.15) is 5.26 Å². The zero-order valence-corrected chi connectivity index (χ0v) is 22.5. The molecule has 6 heteroatoms. The van der Waals surface area contributed by atoms with E-state index in [4.69, 9.17) is 14.1 Å². The second-order valence-corrected chi connectivity index (χ2v) is 9.97. The molecule has 0 saturated carbocycles. The maximum atomic E-state index is 13.4. The van der Waals surface area contributed by atoms with E-state index in [-0.39, 0.29) is 0 Å². The summed E-state index contributed by atoms with van der Waals surface area (Å²) in [6.45, 7) is 6.62. The summed E-state index contributed by atoms with van der Waals surface area (Å²) in [6, 6.07) is 27.6. The molecule has 0 atom stereocenters. The minimum absolute atomic E-state index is 0.312. The van der Waals surface area contributed by atoms with Crippen LogP contribution >= 0.6 is 0 Å². The number of pyridine rings is 1. The first kappa shape index (κ1) is 25.1. The second-order valence-electron chi connectivity index (χ2n) is 9.97. The molecule has 40 heavy (non-hydrogen) atoms. The van der Waals surface area contributed by atoms with Crippen LogP contribution in [0.2, 0.25) is 0 Å². The van der Waals surface area contributed by atoms with Gasteiger partial charge in [-0.1, -0.05) is 68.4 Å². The number of fused-ring (bicyclic) bond motifs is 2. The second kappa shape index (κ2) is 10.2. The Balaban J connectivity index is 1.64. The first-order valence-electron chi connectivity index (χ1n) is 13.3. The molecule has 0 spiro atoms. The van der Waals surface area contributed by atoms with Crippen LogP contribution in [0.3, 0.4) is 0 Å². The average molecular weight is 526 g/mol. The highest BCUT2D eigenvalue weighted by atomic mass is 16.5. The summed E-state index contributed by atoms with van der Waals surface area (Å²) in [4.78, 5) is 21.6. The minimum atomic E-state index is -0.525. The van der Waals surface area contributed by atoms with Crippen molar-refractivity contribution in [2.24, 2.45) is 0 Å². The number of benzene rings is 3. The highest BCUT2D eigenvalue weighted by molar-refractivity contribution is 5.98. The Morgan fingerprint density at radius 2 is 1.77 bits per heavy atom. The van der Waals surface area contributed by atoms with Gasteiger partial charge in [0.2, 0.25) is 0 Å². The molecule has 6 nitrogen and oxygen atoms in total. The number of aromatic nitrogens is 2. The maximum absolute atomic E-state index is 13.4. The summed E-state index contributed by atoms with van der Waals surface area (Å²) in [7, 11) is 0. The van der Waals surface area contributed by atoms with Gasteiger partial charge in [0.15, 0.2) is 11.3 Å². The molecule has 0 amide bonds. The van der Waals surface area contributed by atoms with Crippen molar-refractivity contribution >= 4 is 21.9 Å². The van der Waals surface area contributed by atoms with Gasteiger partial charge in [-0.05, 0) is 48.2 Å². The van der Waals surface area contributed by atoms with Crippen molar-refractivity contribution in [2.75, 3.05) is 6.61 Å². The predicted molar refractivity (Wildman–Crippen MR) is 158 cm³/mol. The molecule has 0 aliphatic heterocycles. The van der Waals surface area contributed by atoms with Gasteiger partial charge in [0.1, 0.15) is 6.07 Å². The number of ether oxygens (including phenoxy) is 1.